The maximum atomic E-state index is 12.5. The summed E-state index contributed by atoms with van der Waals surface area (Å²) in [4.78, 5) is 29.1. The van der Waals surface area contributed by atoms with Crippen LogP contribution in [-0.4, -0.2) is 29.3 Å². The monoisotopic (exact) mass is 449 g/mol. The molecule has 2 aliphatic rings. The third-order valence-corrected chi connectivity index (χ3v) is 6.02. The van der Waals surface area contributed by atoms with Crippen LogP contribution in [0.15, 0.2) is 64.0 Å². The van der Waals surface area contributed by atoms with E-state index in [0.717, 1.165) is 29.1 Å². The van der Waals surface area contributed by atoms with Gasteiger partial charge in [0, 0.05) is 33.2 Å². The van der Waals surface area contributed by atoms with Gasteiger partial charge in [0.1, 0.15) is 11.5 Å². The molecule has 0 spiro atoms. The van der Waals surface area contributed by atoms with Crippen molar-refractivity contribution in [2.24, 2.45) is 4.99 Å². The maximum absolute atomic E-state index is 12.5. The molecule has 0 atom stereocenters. The summed E-state index contributed by atoms with van der Waals surface area (Å²) in [5, 5.41) is 6.85. The third kappa shape index (κ3) is 4.02. The van der Waals surface area contributed by atoms with Crippen molar-refractivity contribution < 1.29 is 14.0 Å². The fraction of sp³-hybridized carbons (Fsp3) is 0.0870. The average molecular weight is 450 g/mol. The molecule has 0 saturated carbocycles. The number of amidine groups is 1. The van der Waals surface area contributed by atoms with E-state index in [1.807, 2.05) is 12.1 Å². The van der Waals surface area contributed by atoms with Gasteiger partial charge in [-0.25, -0.2) is 0 Å². The second-order valence-corrected chi connectivity index (χ2v) is 8.49. The highest BCUT2D eigenvalue weighted by atomic mass is 35.5. The maximum Gasteiger partial charge on any atom is 0.257 e. The molecule has 2 aromatic carbocycles. The fourth-order valence-corrected chi connectivity index (χ4v) is 4.32. The molecule has 1 aromatic heterocycles. The predicted molar refractivity (Wildman–Crippen MR) is 124 cm³/mol. The minimum atomic E-state index is -0.208. The van der Waals surface area contributed by atoms with Gasteiger partial charge in [-0.3, -0.25) is 14.6 Å². The number of benzene rings is 2. The minimum absolute atomic E-state index is 0.207. The number of nitrogens with one attached hydrogen (secondary N) is 2. The number of halogens is 1. The number of amides is 2. The molecule has 31 heavy (non-hydrogen) atoms. The lowest BCUT2D eigenvalue weighted by molar-refractivity contribution is -0.110. The van der Waals surface area contributed by atoms with Gasteiger partial charge in [0.25, 0.3) is 11.8 Å². The van der Waals surface area contributed by atoms with E-state index in [2.05, 4.69) is 15.6 Å². The van der Waals surface area contributed by atoms with Crippen LogP contribution in [0.4, 0.5) is 5.69 Å². The number of furan rings is 1. The van der Waals surface area contributed by atoms with Crippen LogP contribution in [-0.2, 0) is 4.79 Å². The van der Waals surface area contributed by atoms with Gasteiger partial charge in [0.15, 0.2) is 5.17 Å². The highest BCUT2D eigenvalue weighted by molar-refractivity contribution is 8.14. The van der Waals surface area contributed by atoms with Gasteiger partial charge in [-0.05, 0) is 48.5 Å². The lowest BCUT2D eigenvalue weighted by Crippen LogP contribution is -2.27. The van der Waals surface area contributed by atoms with Gasteiger partial charge in [-0.2, -0.15) is 0 Å². The van der Waals surface area contributed by atoms with Gasteiger partial charge in [0.2, 0.25) is 0 Å². The second kappa shape index (κ2) is 8.09. The zero-order valence-corrected chi connectivity index (χ0v) is 17.7. The number of nitrogens with zero attached hydrogens (tertiary/aromatic N) is 1. The summed E-state index contributed by atoms with van der Waals surface area (Å²) in [6.45, 7) is 0.722. The quantitative estimate of drug-likeness (QED) is 0.555. The Morgan fingerprint density at radius 2 is 2.10 bits per heavy atom. The van der Waals surface area contributed by atoms with E-state index in [1.54, 1.807) is 48.5 Å². The average Bonchev–Trinajstić information content (AvgIpc) is 3.51. The van der Waals surface area contributed by atoms with E-state index in [-0.39, 0.29) is 11.8 Å². The van der Waals surface area contributed by atoms with Crippen molar-refractivity contribution >= 4 is 57.7 Å². The van der Waals surface area contributed by atoms with Crippen molar-refractivity contribution in [1.82, 2.24) is 5.32 Å². The molecule has 5 rings (SSSR count). The topological polar surface area (TPSA) is 83.7 Å². The Labute approximate surface area is 187 Å². The van der Waals surface area contributed by atoms with Crippen LogP contribution >= 0.6 is 23.4 Å². The Kier molecular flexibility index (Phi) is 5.13. The lowest BCUT2D eigenvalue weighted by Gasteiger charge is -2.05. The van der Waals surface area contributed by atoms with Crippen LogP contribution in [0, 0.1) is 0 Å². The van der Waals surface area contributed by atoms with Gasteiger partial charge in [-0.1, -0.05) is 35.5 Å². The highest BCUT2D eigenvalue weighted by Crippen LogP contribution is 2.35. The number of thioether (sulfide) groups is 1. The van der Waals surface area contributed by atoms with Gasteiger partial charge in [-0.15, -0.1) is 0 Å². The number of hydrogen-bond acceptors (Lipinski definition) is 5. The largest absolute Gasteiger partial charge is 0.457 e. The Morgan fingerprint density at radius 1 is 1.19 bits per heavy atom. The summed E-state index contributed by atoms with van der Waals surface area (Å²) in [6, 6.07) is 16.0. The number of carbonyl (C=O) groups is 2. The molecule has 8 heteroatoms. The zero-order valence-electron chi connectivity index (χ0n) is 16.1. The molecule has 154 valence electrons. The Hall–Kier alpha value is -3.29. The van der Waals surface area contributed by atoms with Crippen molar-refractivity contribution in [3.8, 4) is 11.3 Å². The number of rotatable bonds is 3. The van der Waals surface area contributed by atoms with E-state index in [0.29, 0.717) is 32.8 Å². The van der Waals surface area contributed by atoms with Crippen LogP contribution in [0.5, 0.6) is 0 Å². The predicted octanol–water partition coefficient (Wildman–Crippen LogP) is 4.93. The van der Waals surface area contributed by atoms with Crippen molar-refractivity contribution in [3.05, 3.63) is 76.5 Å². The van der Waals surface area contributed by atoms with Crippen molar-refractivity contribution in [3.63, 3.8) is 0 Å². The number of carbonyl (C=O) groups excluding carboxylic acids is 2. The summed E-state index contributed by atoms with van der Waals surface area (Å²) in [7, 11) is 0. The van der Waals surface area contributed by atoms with Gasteiger partial charge in [0.05, 0.1) is 12.1 Å². The summed E-state index contributed by atoms with van der Waals surface area (Å²) in [6.07, 6.45) is 1.69. The molecular formula is C23H16ClN3O3S. The van der Waals surface area contributed by atoms with Crippen molar-refractivity contribution in [2.75, 3.05) is 17.6 Å². The molecule has 2 amide bonds. The molecular weight excluding hydrogens is 434 g/mol. The third-order valence-electron chi connectivity index (χ3n) is 4.89. The van der Waals surface area contributed by atoms with E-state index in [4.69, 9.17) is 16.0 Å². The van der Waals surface area contributed by atoms with Crippen LogP contribution in [0.25, 0.3) is 23.0 Å². The normalized spacial score (nSPS) is 16.2. The SMILES string of the molecule is O=C1Nc2ccc(Cl)cc2/C1=C\c1ccc(-c2cccc(C(=O)NC3=NCCS3)c2)o1. The molecule has 0 saturated heterocycles. The Balaban J connectivity index is 1.40. The molecule has 0 aliphatic carbocycles. The number of hydrogen-bond donors (Lipinski definition) is 2. The number of anilines is 1. The van der Waals surface area contributed by atoms with Crippen molar-refractivity contribution in [2.45, 2.75) is 0 Å². The highest BCUT2D eigenvalue weighted by Gasteiger charge is 2.24. The first-order chi connectivity index (χ1) is 15.1. The van der Waals surface area contributed by atoms with Crippen LogP contribution in [0.1, 0.15) is 21.7 Å². The van der Waals surface area contributed by atoms with Crippen LogP contribution < -0.4 is 10.6 Å². The van der Waals surface area contributed by atoms with E-state index in [9.17, 15) is 9.59 Å². The van der Waals surface area contributed by atoms with Crippen molar-refractivity contribution in [1.29, 1.82) is 0 Å². The van der Waals surface area contributed by atoms with Crippen LogP contribution in [0.2, 0.25) is 5.02 Å². The lowest BCUT2D eigenvalue weighted by atomic mass is 10.1. The molecule has 0 radical (unpaired) electrons. The van der Waals surface area contributed by atoms with Gasteiger partial charge < -0.3 is 15.1 Å². The Bertz CT molecular complexity index is 1280. The summed E-state index contributed by atoms with van der Waals surface area (Å²) >= 11 is 7.62. The van der Waals surface area contributed by atoms with E-state index in [1.165, 1.54) is 11.8 Å². The second-order valence-electron chi connectivity index (χ2n) is 6.97. The number of aliphatic imine (C=N–C) groups is 1. The summed E-state index contributed by atoms with van der Waals surface area (Å²) in [5.74, 6) is 1.59. The van der Waals surface area contributed by atoms with Crippen LogP contribution in [0.3, 0.4) is 0 Å². The van der Waals surface area contributed by atoms with Gasteiger partial charge >= 0.3 is 0 Å². The fourth-order valence-electron chi connectivity index (χ4n) is 3.43. The van der Waals surface area contributed by atoms with E-state index < -0.39 is 0 Å². The number of fused-ring (bicyclic) bond motifs is 1. The first-order valence-electron chi connectivity index (χ1n) is 9.59. The molecule has 2 aliphatic heterocycles. The first-order valence-corrected chi connectivity index (χ1v) is 10.9. The first kappa shape index (κ1) is 19.7. The summed E-state index contributed by atoms with van der Waals surface area (Å²) < 4.78 is 5.94. The Morgan fingerprint density at radius 3 is 2.94 bits per heavy atom. The molecule has 0 bridgehead atoms. The molecule has 3 heterocycles. The molecule has 0 unspecified atom stereocenters. The summed E-state index contributed by atoms with van der Waals surface area (Å²) in [5.41, 5.74) is 3.22. The van der Waals surface area contributed by atoms with E-state index >= 15 is 0 Å². The molecule has 3 aromatic rings. The molecule has 0 fully saturated rings. The standard InChI is InChI=1S/C23H16ClN3O3S/c24-15-4-6-19-17(11-15)18(22(29)26-19)12-16-5-7-20(30-16)13-2-1-3-14(10-13)21(28)27-23-25-8-9-31-23/h1-7,10-12H,8-9H2,(H,26,29)(H,25,27,28)/b18-12+. The minimum Gasteiger partial charge on any atom is -0.457 e. The molecule has 6 nitrogen and oxygen atoms in total. The molecule has 2 N–H and O–H groups in total. The smallest absolute Gasteiger partial charge is 0.257 e. The zero-order chi connectivity index (χ0) is 21.4.